The van der Waals surface area contributed by atoms with Crippen molar-refractivity contribution in [2.24, 2.45) is 13.0 Å². The predicted molar refractivity (Wildman–Crippen MR) is 128 cm³/mol. The van der Waals surface area contributed by atoms with Crippen LogP contribution in [0.2, 0.25) is 0 Å². The van der Waals surface area contributed by atoms with Crippen LogP contribution in [0.3, 0.4) is 0 Å². The Balaban J connectivity index is 1.53. The van der Waals surface area contributed by atoms with Crippen molar-refractivity contribution in [3.8, 4) is 11.6 Å². The molecule has 1 amide bonds. The first kappa shape index (κ1) is 20.3. The number of hydrogen-bond acceptors (Lipinski definition) is 6. The molecule has 0 unspecified atom stereocenters. The summed E-state index contributed by atoms with van der Waals surface area (Å²) in [4.78, 5) is 30.2. The number of aryl methyl sites for hydroxylation is 1. The largest absolute Gasteiger partial charge is 0.478 e. The first-order chi connectivity index (χ1) is 16.4. The summed E-state index contributed by atoms with van der Waals surface area (Å²) in [5.41, 5.74) is 3.49. The number of aromatic nitrogens is 5. The molecule has 0 radical (unpaired) electrons. The third-order valence-electron chi connectivity index (χ3n) is 6.66. The summed E-state index contributed by atoms with van der Waals surface area (Å²) in [6.07, 6.45) is 8.66. The molecular formula is C24H23N7O3. The number of fused-ring (bicyclic) bond motifs is 2. The van der Waals surface area contributed by atoms with E-state index in [1.54, 1.807) is 53.3 Å². The smallest absolute Gasteiger partial charge is 0.281 e. The zero-order chi connectivity index (χ0) is 23.6. The van der Waals surface area contributed by atoms with Gasteiger partial charge in [-0.3, -0.25) is 18.8 Å². The van der Waals surface area contributed by atoms with Crippen LogP contribution in [0.25, 0.3) is 16.7 Å². The molecule has 6 rings (SSSR count). The van der Waals surface area contributed by atoms with Crippen LogP contribution in [0.15, 0.2) is 60.4 Å². The summed E-state index contributed by atoms with van der Waals surface area (Å²) in [6, 6.07) is 7.12. The van der Waals surface area contributed by atoms with Gasteiger partial charge in [-0.05, 0) is 43.0 Å². The van der Waals surface area contributed by atoms with Gasteiger partial charge in [0, 0.05) is 24.5 Å². The number of nitrogens with zero attached hydrogens (tertiary/aromatic N) is 5. The molecule has 4 aromatic rings. The highest BCUT2D eigenvalue weighted by molar-refractivity contribution is 5.99. The molecular weight excluding hydrogens is 434 g/mol. The van der Waals surface area contributed by atoms with Gasteiger partial charge in [0.2, 0.25) is 5.91 Å². The van der Waals surface area contributed by atoms with Gasteiger partial charge in [0.1, 0.15) is 16.7 Å². The third kappa shape index (κ3) is 3.02. The SMILES string of the molecule is C=CC(=O)Nc1cccc(-n2cc(Nc3cn(C)nc3OC)c3ncn(C45CC4C5)c3c2=O)c1. The van der Waals surface area contributed by atoms with E-state index >= 15 is 0 Å². The number of nitrogens with one attached hydrogen (secondary N) is 2. The van der Waals surface area contributed by atoms with E-state index in [0.29, 0.717) is 45.6 Å². The Hall–Kier alpha value is -4.34. The van der Waals surface area contributed by atoms with E-state index in [-0.39, 0.29) is 17.0 Å². The summed E-state index contributed by atoms with van der Waals surface area (Å²) >= 11 is 0. The lowest BCUT2D eigenvalue weighted by atomic mass is 10.2. The van der Waals surface area contributed by atoms with Crippen LogP contribution in [-0.4, -0.2) is 36.9 Å². The molecule has 3 aromatic heterocycles. The van der Waals surface area contributed by atoms with Gasteiger partial charge >= 0.3 is 0 Å². The average Bonchev–Trinajstić information content (AvgIpc) is 3.58. The molecule has 2 N–H and O–H groups in total. The molecule has 0 spiro atoms. The summed E-state index contributed by atoms with van der Waals surface area (Å²) in [5, 5.41) is 10.4. The molecule has 0 saturated heterocycles. The summed E-state index contributed by atoms with van der Waals surface area (Å²) in [7, 11) is 3.36. The number of pyridine rings is 1. The maximum Gasteiger partial charge on any atom is 0.281 e. The number of rotatable bonds is 7. The fourth-order valence-corrected chi connectivity index (χ4v) is 4.58. The second kappa shape index (κ2) is 7.08. The van der Waals surface area contributed by atoms with Crippen molar-refractivity contribution in [1.82, 2.24) is 23.9 Å². The van der Waals surface area contributed by atoms with Gasteiger partial charge in [-0.15, -0.1) is 5.10 Å². The van der Waals surface area contributed by atoms with Crippen molar-refractivity contribution in [3.63, 3.8) is 0 Å². The average molecular weight is 457 g/mol. The van der Waals surface area contributed by atoms with Crippen molar-refractivity contribution in [3.05, 3.63) is 66.0 Å². The molecule has 2 aliphatic carbocycles. The van der Waals surface area contributed by atoms with Gasteiger partial charge in [0.25, 0.3) is 11.4 Å². The summed E-state index contributed by atoms with van der Waals surface area (Å²) in [5.74, 6) is 0.742. The van der Waals surface area contributed by atoms with E-state index < -0.39 is 0 Å². The number of ether oxygens (including phenoxy) is 1. The molecule has 0 aliphatic heterocycles. The van der Waals surface area contributed by atoms with Gasteiger partial charge in [-0.1, -0.05) is 12.6 Å². The van der Waals surface area contributed by atoms with Gasteiger partial charge in [0.15, 0.2) is 0 Å². The zero-order valence-corrected chi connectivity index (χ0v) is 18.8. The molecule has 2 saturated carbocycles. The van der Waals surface area contributed by atoms with E-state index in [2.05, 4.69) is 27.3 Å². The Morgan fingerprint density at radius 2 is 2.09 bits per heavy atom. The number of methoxy groups -OCH3 is 1. The molecule has 10 heteroatoms. The van der Waals surface area contributed by atoms with Crippen LogP contribution in [0.4, 0.5) is 17.1 Å². The lowest BCUT2D eigenvalue weighted by molar-refractivity contribution is -0.111. The van der Waals surface area contributed by atoms with Gasteiger partial charge < -0.3 is 19.9 Å². The molecule has 1 aromatic carbocycles. The van der Waals surface area contributed by atoms with E-state index in [1.165, 1.54) is 6.08 Å². The van der Waals surface area contributed by atoms with Crippen LogP contribution in [0.5, 0.6) is 5.88 Å². The van der Waals surface area contributed by atoms with Crippen LogP contribution in [-0.2, 0) is 17.4 Å². The normalized spacial score (nSPS) is 20.0. The number of amides is 1. The van der Waals surface area contributed by atoms with Crippen LogP contribution < -0.4 is 20.9 Å². The van der Waals surface area contributed by atoms with Crippen molar-refractivity contribution in [1.29, 1.82) is 0 Å². The molecule has 10 nitrogen and oxygen atoms in total. The highest BCUT2D eigenvalue weighted by Gasteiger charge is 2.71. The highest BCUT2D eigenvalue weighted by atomic mass is 16.5. The number of anilines is 3. The number of benzene rings is 1. The Bertz CT molecular complexity index is 1540. The number of carbonyl (C=O) groups is 1. The zero-order valence-electron chi connectivity index (χ0n) is 18.8. The van der Waals surface area contributed by atoms with E-state index in [1.807, 2.05) is 17.7 Å². The number of carbonyl (C=O) groups excluding carboxylic acids is 1. The maximum atomic E-state index is 13.8. The molecule has 2 aliphatic rings. The van der Waals surface area contributed by atoms with Gasteiger partial charge in [-0.25, -0.2) is 4.98 Å². The Morgan fingerprint density at radius 1 is 1.29 bits per heavy atom. The van der Waals surface area contributed by atoms with Gasteiger partial charge in [0.05, 0.1) is 31.0 Å². The molecule has 0 atom stereocenters. The van der Waals surface area contributed by atoms with Gasteiger partial charge in [-0.2, -0.15) is 0 Å². The fraction of sp³-hybridized carbons (Fsp3) is 0.250. The second-order valence-corrected chi connectivity index (χ2v) is 8.83. The highest BCUT2D eigenvalue weighted by Crippen LogP contribution is 2.73. The van der Waals surface area contributed by atoms with Crippen LogP contribution >= 0.6 is 0 Å². The lowest BCUT2D eigenvalue weighted by Crippen LogP contribution is -2.22. The molecule has 34 heavy (non-hydrogen) atoms. The lowest BCUT2D eigenvalue weighted by Gasteiger charge is -2.14. The van der Waals surface area contributed by atoms with Crippen molar-refractivity contribution >= 4 is 34.0 Å². The minimum Gasteiger partial charge on any atom is -0.478 e. The summed E-state index contributed by atoms with van der Waals surface area (Å²) in [6.45, 7) is 3.49. The first-order valence-electron chi connectivity index (χ1n) is 11.0. The second-order valence-electron chi connectivity index (χ2n) is 8.83. The van der Waals surface area contributed by atoms with Crippen LogP contribution in [0, 0.1) is 5.92 Å². The Morgan fingerprint density at radius 3 is 2.79 bits per heavy atom. The topological polar surface area (TPSA) is 108 Å². The van der Waals surface area contributed by atoms with Crippen molar-refractivity contribution in [2.75, 3.05) is 17.7 Å². The van der Waals surface area contributed by atoms with E-state index in [4.69, 9.17) is 4.74 Å². The van der Waals surface area contributed by atoms with E-state index in [0.717, 1.165) is 12.8 Å². The standard InChI is InChI=1S/C24H23N7O3/c1-4-19(32)26-15-6-5-7-16(8-15)30-12-17(27-18-11-29(2)28-22(18)34-3)20-21(23(30)33)31(13-25-20)24-9-14(24)10-24/h4-8,11-14,27H,1,9-10H2,2-3H3,(H,26,32). The molecule has 172 valence electrons. The number of imidazole rings is 1. The van der Waals surface area contributed by atoms with E-state index in [9.17, 15) is 9.59 Å². The maximum absolute atomic E-state index is 13.8. The third-order valence-corrected chi connectivity index (χ3v) is 6.66. The Labute approximate surface area is 194 Å². The quantitative estimate of drug-likeness (QED) is 0.413. The Kier molecular flexibility index (Phi) is 4.22. The number of hydrogen-bond donors (Lipinski definition) is 2. The molecule has 3 heterocycles. The molecule has 2 fully saturated rings. The first-order valence-corrected chi connectivity index (χ1v) is 11.0. The molecule has 0 bridgehead atoms. The van der Waals surface area contributed by atoms with Crippen molar-refractivity contribution in [2.45, 2.75) is 18.4 Å². The minimum absolute atomic E-state index is 0.0378. The predicted octanol–water partition coefficient (Wildman–Crippen LogP) is 2.92. The fourth-order valence-electron chi connectivity index (χ4n) is 4.58. The minimum atomic E-state index is -0.323. The van der Waals surface area contributed by atoms with Crippen molar-refractivity contribution < 1.29 is 9.53 Å². The monoisotopic (exact) mass is 457 g/mol. The van der Waals surface area contributed by atoms with Crippen LogP contribution in [0.1, 0.15) is 12.8 Å². The summed E-state index contributed by atoms with van der Waals surface area (Å²) < 4.78 is 10.7.